The van der Waals surface area contributed by atoms with Crippen molar-refractivity contribution in [1.29, 1.82) is 5.26 Å². The number of hydrogen-bond donors (Lipinski definition) is 1. The van der Waals surface area contributed by atoms with Crippen LogP contribution in [0, 0.1) is 11.3 Å². The van der Waals surface area contributed by atoms with Gasteiger partial charge in [-0.3, -0.25) is 4.79 Å². The van der Waals surface area contributed by atoms with Crippen molar-refractivity contribution in [3.63, 3.8) is 0 Å². The highest BCUT2D eigenvalue weighted by Crippen LogP contribution is 2.15. The van der Waals surface area contributed by atoms with Gasteiger partial charge in [0, 0.05) is 25.7 Å². The van der Waals surface area contributed by atoms with Gasteiger partial charge in [-0.25, -0.2) is 0 Å². The monoisotopic (exact) mass is 293 g/mol. The standard InChI is InChI=1S/C18H19N3O/c1-21(16-9-3-2-4-10-16)13-7-12-18(22)20-17-11-6-5-8-15(17)14-19/h2-6,8-11H,7,12-13H2,1H3,(H,20,22). The average molecular weight is 293 g/mol. The summed E-state index contributed by atoms with van der Waals surface area (Å²) in [6.07, 6.45) is 1.18. The van der Waals surface area contributed by atoms with E-state index in [1.807, 2.05) is 37.4 Å². The van der Waals surface area contributed by atoms with Gasteiger partial charge in [-0.2, -0.15) is 5.26 Å². The number of rotatable bonds is 6. The molecule has 2 aromatic carbocycles. The van der Waals surface area contributed by atoms with E-state index in [1.54, 1.807) is 24.3 Å². The molecule has 0 saturated carbocycles. The van der Waals surface area contributed by atoms with E-state index in [0.717, 1.165) is 18.7 Å². The Hall–Kier alpha value is -2.80. The van der Waals surface area contributed by atoms with E-state index in [9.17, 15) is 4.79 Å². The number of para-hydroxylation sites is 2. The molecule has 1 N–H and O–H groups in total. The second-order valence-electron chi connectivity index (χ2n) is 5.07. The van der Waals surface area contributed by atoms with E-state index in [0.29, 0.717) is 17.7 Å². The molecule has 0 heterocycles. The molecule has 0 aliphatic carbocycles. The minimum Gasteiger partial charge on any atom is -0.375 e. The summed E-state index contributed by atoms with van der Waals surface area (Å²) in [7, 11) is 2.01. The molecule has 0 bridgehead atoms. The summed E-state index contributed by atoms with van der Waals surface area (Å²) >= 11 is 0. The van der Waals surface area contributed by atoms with Crippen LogP contribution in [-0.2, 0) is 4.79 Å². The molecule has 112 valence electrons. The number of nitriles is 1. The predicted octanol–water partition coefficient (Wildman–Crippen LogP) is 3.41. The molecule has 4 nitrogen and oxygen atoms in total. The Morgan fingerprint density at radius 2 is 1.82 bits per heavy atom. The molecule has 0 atom stereocenters. The zero-order chi connectivity index (χ0) is 15.8. The molecular weight excluding hydrogens is 274 g/mol. The maximum atomic E-state index is 12.0. The van der Waals surface area contributed by atoms with Gasteiger partial charge in [-0.1, -0.05) is 30.3 Å². The molecule has 0 radical (unpaired) electrons. The minimum absolute atomic E-state index is 0.0656. The summed E-state index contributed by atoms with van der Waals surface area (Å²) in [6, 6.07) is 19.2. The van der Waals surface area contributed by atoms with E-state index in [4.69, 9.17) is 5.26 Å². The first kappa shape index (κ1) is 15.6. The second kappa shape index (κ2) is 7.84. The lowest BCUT2D eigenvalue weighted by Crippen LogP contribution is -2.20. The molecule has 0 aliphatic rings. The topological polar surface area (TPSA) is 56.1 Å². The van der Waals surface area contributed by atoms with Gasteiger partial charge in [-0.15, -0.1) is 0 Å². The highest BCUT2D eigenvalue weighted by Gasteiger charge is 2.07. The second-order valence-corrected chi connectivity index (χ2v) is 5.07. The van der Waals surface area contributed by atoms with E-state index in [-0.39, 0.29) is 5.91 Å². The van der Waals surface area contributed by atoms with Crippen LogP contribution in [0.25, 0.3) is 0 Å². The van der Waals surface area contributed by atoms with Crippen molar-refractivity contribution in [3.05, 3.63) is 60.2 Å². The Morgan fingerprint density at radius 3 is 2.55 bits per heavy atom. The van der Waals surface area contributed by atoms with Gasteiger partial charge < -0.3 is 10.2 Å². The molecule has 2 rings (SSSR count). The summed E-state index contributed by atoms with van der Waals surface area (Å²) in [5, 5.41) is 11.8. The van der Waals surface area contributed by atoms with Crippen LogP contribution < -0.4 is 10.2 Å². The highest BCUT2D eigenvalue weighted by atomic mass is 16.1. The fourth-order valence-electron chi connectivity index (χ4n) is 2.19. The van der Waals surface area contributed by atoms with Crippen molar-refractivity contribution >= 4 is 17.3 Å². The van der Waals surface area contributed by atoms with Crippen molar-refractivity contribution in [2.24, 2.45) is 0 Å². The minimum atomic E-state index is -0.0656. The molecule has 22 heavy (non-hydrogen) atoms. The number of amides is 1. The number of carbonyl (C=O) groups excluding carboxylic acids is 1. The van der Waals surface area contributed by atoms with Crippen LogP contribution >= 0.6 is 0 Å². The van der Waals surface area contributed by atoms with E-state index < -0.39 is 0 Å². The van der Waals surface area contributed by atoms with Gasteiger partial charge in [0.05, 0.1) is 11.3 Å². The van der Waals surface area contributed by atoms with Crippen molar-refractivity contribution < 1.29 is 4.79 Å². The lowest BCUT2D eigenvalue weighted by atomic mass is 10.2. The van der Waals surface area contributed by atoms with Gasteiger partial charge in [0.1, 0.15) is 6.07 Å². The molecule has 0 aliphatic heterocycles. The average Bonchev–Trinajstić information content (AvgIpc) is 2.56. The summed E-state index contributed by atoms with van der Waals surface area (Å²) in [4.78, 5) is 14.1. The Bertz CT molecular complexity index is 662. The van der Waals surface area contributed by atoms with Gasteiger partial charge >= 0.3 is 0 Å². The summed E-state index contributed by atoms with van der Waals surface area (Å²) < 4.78 is 0. The number of benzene rings is 2. The third-order valence-electron chi connectivity index (χ3n) is 3.42. The van der Waals surface area contributed by atoms with Crippen LogP contribution in [0.1, 0.15) is 18.4 Å². The molecular formula is C18H19N3O. The maximum Gasteiger partial charge on any atom is 0.224 e. The summed E-state index contributed by atoms with van der Waals surface area (Å²) in [5.74, 6) is -0.0656. The van der Waals surface area contributed by atoms with Crippen molar-refractivity contribution in [2.75, 3.05) is 23.8 Å². The third-order valence-corrected chi connectivity index (χ3v) is 3.42. The van der Waals surface area contributed by atoms with Crippen molar-refractivity contribution in [1.82, 2.24) is 0 Å². The largest absolute Gasteiger partial charge is 0.375 e. The molecule has 4 heteroatoms. The zero-order valence-corrected chi connectivity index (χ0v) is 12.6. The van der Waals surface area contributed by atoms with Crippen molar-refractivity contribution in [2.45, 2.75) is 12.8 Å². The molecule has 0 unspecified atom stereocenters. The highest BCUT2D eigenvalue weighted by molar-refractivity contribution is 5.92. The van der Waals surface area contributed by atoms with Crippen LogP contribution in [-0.4, -0.2) is 19.5 Å². The Balaban J connectivity index is 1.80. The maximum absolute atomic E-state index is 12.0. The van der Waals surface area contributed by atoms with Crippen LogP contribution in [0.4, 0.5) is 11.4 Å². The van der Waals surface area contributed by atoms with Gasteiger partial charge in [0.15, 0.2) is 0 Å². The third kappa shape index (κ3) is 4.35. The fourth-order valence-corrected chi connectivity index (χ4v) is 2.19. The summed E-state index contributed by atoms with van der Waals surface area (Å²) in [6.45, 7) is 0.803. The van der Waals surface area contributed by atoms with Gasteiger partial charge in [0.25, 0.3) is 0 Å². The Morgan fingerprint density at radius 1 is 1.14 bits per heavy atom. The Labute approximate surface area is 131 Å². The van der Waals surface area contributed by atoms with E-state index in [1.165, 1.54) is 0 Å². The number of nitrogens with one attached hydrogen (secondary N) is 1. The van der Waals surface area contributed by atoms with E-state index in [2.05, 4.69) is 16.3 Å². The van der Waals surface area contributed by atoms with Crippen LogP contribution in [0.2, 0.25) is 0 Å². The number of hydrogen-bond acceptors (Lipinski definition) is 3. The molecule has 1 amide bonds. The molecule has 0 fully saturated rings. The van der Waals surface area contributed by atoms with Crippen LogP contribution in [0.5, 0.6) is 0 Å². The molecule has 2 aromatic rings. The quantitative estimate of drug-likeness (QED) is 0.888. The Kier molecular flexibility index (Phi) is 5.56. The lowest BCUT2D eigenvalue weighted by molar-refractivity contribution is -0.116. The first-order chi connectivity index (χ1) is 10.7. The number of carbonyl (C=O) groups is 1. The predicted molar refractivity (Wildman–Crippen MR) is 88.7 cm³/mol. The zero-order valence-electron chi connectivity index (χ0n) is 12.6. The van der Waals surface area contributed by atoms with E-state index >= 15 is 0 Å². The summed E-state index contributed by atoms with van der Waals surface area (Å²) in [5.41, 5.74) is 2.20. The number of anilines is 2. The molecule has 0 saturated heterocycles. The SMILES string of the molecule is CN(CCCC(=O)Nc1ccccc1C#N)c1ccccc1. The smallest absolute Gasteiger partial charge is 0.224 e. The first-order valence-corrected chi connectivity index (χ1v) is 7.26. The van der Waals surface area contributed by atoms with Crippen molar-refractivity contribution in [3.8, 4) is 6.07 Å². The van der Waals surface area contributed by atoms with Gasteiger partial charge in [-0.05, 0) is 30.7 Å². The normalized spacial score (nSPS) is 9.82. The van der Waals surface area contributed by atoms with Crippen LogP contribution in [0.3, 0.4) is 0 Å². The fraction of sp³-hybridized carbons (Fsp3) is 0.222. The first-order valence-electron chi connectivity index (χ1n) is 7.26. The lowest BCUT2D eigenvalue weighted by Gasteiger charge is -2.18. The molecule has 0 aromatic heterocycles. The molecule has 0 spiro atoms. The van der Waals surface area contributed by atoms with Gasteiger partial charge in [0.2, 0.25) is 5.91 Å². The van der Waals surface area contributed by atoms with Crippen LogP contribution in [0.15, 0.2) is 54.6 Å². The number of nitrogens with zero attached hydrogens (tertiary/aromatic N) is 2.